The molecule has 1 N–H and O–H groups in total. The molecule has 1 aromatic heterocycles. The number of likely N-dealkylation sites (tertiary alicyclic amines) is 1. The van der Waals surface area contributed by atoms with Gasteiger partial charge >= 0.3 is 0 Å². The molecule has 3 fully saturated rings. The van der Waals surface area contributed by atoms with Gasteiger partial charge in [-0.3, -0.25) is 9.69 Å². The summed E-state index contributed by atoms with van der Waals surface area (Å²) in [5.74, 6) is 0.302. The molecule has 45 heavy (non-hydrogen) atoms. The van der Waals surface area contributed by atoms with E-state index in [1.165, 1.54) is 12.1 Å². The molecule has 0 unspecified atom stereocenters. The van der Waals surface area contributed by atoms with Gasteiger partial charge in [0.1, 0.15) is 6.61 Å². The van der Waals surface area contributed by atoms with E-state index in [4.69, 9.17) is 9.47 Å². The number of anilines is 1. The summed E-state index contributed by atoms with van der Waals surface area (Å²) in [7, 11) is -4.11. The highest BCUT2D eigenvalue weighted by Crippen LogP contribution is 2.44. The molecule has 7 rings (SSSR count). The van der Waals surface area contributed by atoms with Gasteiger partial charge in [-0.15, -0.1) is 0 Å². The minimum Gasteiger partial charge on any atom is -0.475 e. The number of sulfonamides is 1. The zero-order valence-corrected chi connectivity index (χ0v) is 27.1. The predicted octanol–water partition coefficient (Wildman–Crippen LogP) is 4.67. The van der Waals surface area contributed by atoms with Crippen LogP contribution < -0.4 is 9.46 Å². The number of benzene rings is 2. The maximum atomic E-state index is 14.4. The second kappa shape index (κ2) is 11.4. The van der Waals surface area contributed by atoms with Crippen LogP contribution in [0.3, 0.4) is 0 Å². The SMILES string of the molecule is Cc1cccc(C)c1-c1cc2nc(n1)NS(=O)(=O)c1cccc(c1)C(=O)N([C@H]1C[C@@H](N3CC4(COC4)C3)C1)[C@H](CC(C)C)CO2. The molecule has 4 heterocycles. The Labute approximate surface area is 265 Å². The van der Waals surface area contributed by atoms with E-state index in [0.29, 0.717) is 28.6 Å². The van der Waals surface area contributed by atoms with Gasteiger partial charge in [0.15, 0.2) is 0 Å². The van der Waals surface area contributed by atoms with E-state index < -0.39 is 10.0 Å². The number of hydrogen-bond acceptors (Lipinski definition) is 8. The van der Waals surface area contributed by atoms with Crippen molar-refractivity contribution in [2.75, 3.05) is 37.6 Å². The third-order valence-corrected chi connectivity index (χ3v) is 11.1. The van der Waals surface area contributed by atoms with Crippen LogP contribution in [0.1, 0.15) is 54.6 Å². The number of aryl methyl sites for hydroxylation is 2. The minimum absolute atomic E-state index is 0.0171. The number of aromatic nitrogens is 2. The second-order valence-corrected chi connectivity index (χ2v) is 15.5. The van der Waals surface area contributed by atoms with Gasteiger partial charge in [0.05, 0.1) is 29.8 Å². The summed E-state index contributed by atoms with van der Waals surface area (Å²) in [6.07, 6.45) is 2.49. The van der Waals surface area contributed by atoms with Gasteiger partial charge in [0.25, 0.3) is 15.9 Å². The quantitative estimate of drug-likeness (QED) is 0.432. The fourth-order valence-corrected chi connectivity index (χ4v) is 8.35. The molecule has 2 saturated heterocycles. The number of nitrogens with one attached hydrogen (secondary N) is 1. The Morgan fingerprint density at radius 2 is 1.71 bits per heavy atom. The van der Waals surface area contributed by atoms with E-state index in [9.17, 15) is 13.2 Å². The number of ether oxygens (including phenoxy) is 2. The Kier molecular flexibility index (Phi) is 7.61. The van der Waals surface area contributed by atoms with Crippen molar-refractivity contribution in [3.8, 4) is 17.1 Å². The van der Waals surface area contributed by atoms with Crippen LogP contribution in [-0.2, 0) is 14.8 Å². The minimum atomic E-state index is -4.11. The number of amides is 1. The third-order valence-electron chi connectivity index (χ3n) is 9.74. The van der Waals surface area contributed by atoms with E-state index >= 15 is 0 Å². The number of carbonyl (C=O) groups excluding carboxylic acids is 1. The maximum absolute atomic E-state index is 14.4. The molecule has 0 radical (unpaired) electrons. The molecule has 3 aliphatic heterocycles. The first-order valence-electron chi connectivity index (χ1n) is 15.9. The van der Waals surface area contributed by atoms with Crippen LogP contribution in [0.2, 0.25) is 0 Å². The van der Waals surface area contributed by atoms with Crippen LogP contribution >= 0.6 is 0 Å². The van der Waals surface area contributed by atoms with Crippen molar-refractivity contribution in [1.29, 1.82) is 0 Å². The van der Waals surface area contributed by atoms with Crippen LogP contribution in [0.5, 0.6) is 5.88 Å². The number of carbonyl (C=O) groups is 1. The summed E-state index contributed by atoms with van der Waals surface area (Å²) < 4.78 is 41.6. The smallest absolute Gasteiger partial charge is 0.264 e. The standard InChI is InChI=1S/C34H41N5O5S/c1-21(2)11-27-16-44-30-15-29(31-22(3)7-5-8-23(31)4)35-33(36-30)37-45(41,42)28-10-6-9-24(12-28)32(40)39(27)26-13-25(14-26)38-17-34(18-38)19-43-20-34/h5-10,12,15,21,25-27H,11,13-14,16-20H2,1-4H3,(H,35,36,37)/t25-,26+,27-/m1/s1. The maximum Gasteiger partial charge on any atom is 0.264 e. The van der Waals surface area contributed by atoms with Crippen LogP contribution in [0.15, 0.2) is 53.4 Å². The van der Waals surface area contributed by atoms with Crippen LogP contribution in [0, 0.1) is 25.2 Å². The first kappa shape index (κ1) is 30.1. The van der Waals surface area contributed by atoms with Crippen molar-refractivity contribution in [2.24, 2.45) is 11.3 Å². The van der Waals surface area contributed by atoms with Gasteiger partial charge < -0.3 is 14.4 Å². The molecule has 10 nitrogen and oxygen atoms in total. The lowest BCUT2D eigenvalue weighted by atomic mass is 9.73. The van der Waals surface area contributed by atoms with Gasteiger partial charge in [0.2, 0.25) is 11.8 Å². The average molecular weight is 632 g/mol. The third kappa shape index (κ3) is 5.70. The highest BCUT2D eigenvalue weighted by Gasteiger charge is 2.53. The summed E-state index contributed by atoms with van der Waals surface area (Å²) in [6.45, 7) is 12.3. The largest absolute Gasteiger partial charge is 0.475 e. The van der Waals surface area contributed by atoms with Crippen molar-refractivity contribution < 1.29 is 22.7 Å². The van der Waals surface area contributed by atoms with E-state index in [1.54, 1.807) is 18.2 Å². The summed E-state index contributed by atoms with van der Waals surface area (Å²) >= 11 is 0. The molecule has 4 aliphatic rings. The normalized spacial score (nSPS) is 25.5. The molecule has 1 spiro atoms. The van der Waals surface area contributed by atoms with E-state index in [-0.39, 0.29) is 41.3 Å². The molecule has 1 saturated carbocycles. The summed E-state index contributed by atoms with van der Waals surface area (Å²) in [4.78, 5) is 28.0. The number of nitrogens with zero attached hydrogens (tertiary/aromatic N) is 4. The lowest BCUT2D eigenvalue weighted by Gasteiger charge is -2.61. The Morgan fingerprint density at radius 1 is 1.00 bits per heavy atom. The first-order valence-corrected chi connectivity index (χ1v) is 17.3. The van der Waals surface area contributed by atoms with Gasteiger partial charge in [-0.25, -0.2) is 18.1 Å². The molecule has 238 valence electrons. The summed E-state index contributed by atoms with van der Waals surface area (Å²) in [6, 6.07) is 14.2. The fraction of sp³-hybridized carbons (Fsp3) is 0.500. The van der Waals surface area contributed by atoms with Crippen LogP contribution in [0.25, 0.3) is 11.3 Å². The highest BCUT2D eigenvalue weighted by atomic mass is 32.2. The molecule has 1 amide bonds. The zero-order valence-electron chi connectivity index (χ0n) is 26.3. The molecule has 1 atom stereocenters. The Balaban J connectivity index is 1.26. The Morgan fingerprint density at radius 3 is 2.38 bits per heavy atom. The number of rotatable bonds is 5. The number of hydrogen-bond donors (Lipinski definition) is 1. The first-order chi connectivity index (χ1) is 21.5. The Bertz CT molecular complexity index is 1710. The predicted molar refractivity (Wildman–Crippen MR) is 171 cm³/mol. The van der Waals surface area contributed by atoms with Gasteiger partial charge in [-0.05, 0) is 68.4 Å². The molecule has 3 aromatic rings. The topological polar surface area (TPSA) is 114 Å². The lowest BCUT2D eigenvalue weighted by Crippen LogP contribution is -2.71. The van der Waals surface area contributed by atoms with Crippen molar-refractivity contribution in [2.45, 2.75) is 70.0 Å². The lowest BCUT2D eigenvalue weighted by molar-refractivity contribution is -0.207. The summed E-state index contributed by atoms with van der Waals surface area (Å²) in [5.41, 5.74) is 4.15. The van der Waals surface area contributed by atoms with E-state index in [0.717, 1.165) is 62.3 Å². The van der Waals surface area contributed by atoms with Gasteiger partial charge in [-0.1, -0.05) is 38.1 Å². The molecule has 11 heteroatoms. The van der Waals surface area contributed by atoms with E-state index in [1.807, 2.05) is 36.9 Å². The molecule has 1 aliphatic carbocycles. The van der Waals surface area contributed by atoms with E-state index in [2.05, 4.69) is 33.4 Å². The van der Waals surface area contributed by atoms with Gasteiger partial charge in [0, 0.05) is 47.8 Å². The average Bonchev–Trinajstić information content (AvgIpc) is 2.91. The summed E-state index contributed by atoms with van der Waals surface area (Å²) in [5, 5.41) is 0. The van der Waals surface area contributed by atoms with Crippen molar-refractivity contribution in [3.63, 3.8) is 0 Å². The fourth-order valence-electron chi connectivity index (χ4n) is 7.36. The zero-order chi connectivity index (χ0) is 31.5. The van der Waals surface area contributed by atoms with Crippen LogP contribution in [-0.4, -0.2) is 85.1 Å². The van der Waals surface area contributed by atoms with Crippen molar-refractivity contribution >= 4 is 21.9 Å². The van der Waals surface area contributed by atoms with Gasteiger partial charge in [-0.2, -0.15) is 4.98 Å². The Hall–Kier alpha value is -3.54. The van der Waals surface area contributed by atoms with Crippen molar-refractivity contribution in [1.82, 2.24) is 19.8 Å². The second-order valence-electron chi connectivity index (χ2n) is 13.8. The molecule has 2 aromatic carbocycles. The monoisotopic (exact) mass is 631 g/mol. The van der Waals surface area contributed by atoms with Crippen molar-refractivity contribution in [3.05, 3.63) is 65.2 Å². The van der Waals surface area contributed by atoms with Crippen LogP contribution in [0.4, 0.5) is 5.95 Å². The number of fused-ring (bicyclic) bond motifs is 4. The molecular formula is C34H41N5O5S. The highest BCUT2D eigenvalue weighted by molar-refractivity contribution is 7.92. The molecular weight excluding hydrogens is 590 g/mol. The molecule has 4 bridgehead atoms.